The smallest absolute Gasteiger partial charge is 0.211 e. The Morgan fingerprint density at radius 1 is 1.37 bits per heavy atom. The average molecular weight is 283 g/mol. The van der Waals surface area contributed by atoms with Crippen LogP contribution in [-0.2, 0) is 10.0 Å². The van der Waals surface area contributed by atoms with Crippen LogP contribution in [0.5, 0.6) is 0 Å². The van der Waals surface area contributed by atoms with Crippen molar-refractivity contribution in [3.63, 3.8) is 0 Å². The predicted molar refractivity (Wildman–Crippen MR) is 77.0 cm³/mol. The monoisotopic (exact) mass is 283 g/mol. The van der Waals surface area contributed by atoms with E-state index in [2.05, 4.69) is 4.98 Å². The molecule has 0 radical (unpaired) electrons. The summed E-state index contributed by atoms with van der Waals surface area (Å²) in [4.78, 5) is 6.58. The van der Waals surface area contributed by atoms with Gasteiger partial charge >= 0.3 is 0 Å². The van der Waals surface area contributed by atoms with Crippen molar-refractivity contribution in [2.75, 3.05) is 38.3 Å². The molecule has 2 heterocycles. The SMILES string of the molecule is CN(C)c1cccc(C2CCCN(S(C)(=O)=O)C2)n1. The van der Waals surface area contributed by atoms with E-state index >= 15 is 0 Å². The number of anilines is 1. The lowest BCUT2D eigenvalue weighted by Crippen LogP contribution is -2.38. The van der Waals surface area contributed by atoms with Crippen molar-refractivity contribution in [3.05, 3.63) is 23.9 Å². The molecule has 0 bridgehead atoms. The Balaban J connectivity index is 2.20. The Morgan fingerprint density at radius 2 is 2.11 bits per heavy atom. The summed E-state index contributed by atoms with van der Waals surface area (Å²) in [5, 5.41) is 0. The average Bonchev–Trinajstić information content (AvgIpc) is 2.38. The minimum absolute atomic E-state index is 0.198. The van der Waals surface area contributed by atoms with E-state index in [1.165, 1.54) is 6.26 Å². The highest BCUT2D eigenvalue weighted by Crippen LogP contribution is 2.27. The molecule has 0 spiro atoms. The van der Waals surface area contributed by atoms with Crippen LogP contribution in [0, 0.1) is 0 Å². The fourth-order valence-corrected chi connectivity index (χ4v) is 3.31. The molecule has 0 amide bonds. The molecule has 1 aromatic rings. The highest BCUT2D eigenvalue weighted by atomic mass is 32.2. The van der Waals surface area contributed by atoms with Crippen LogP contribution in [0.3, 0.4) is 0 Å². The lowest BCUT2D eigenvalue weighted by atomic mass is 9.95. The quantitative estimate of drug-likeness (QED) is 0.839. The predicted octanol–water partition coefficient (Wildman–Crippen LogP) is 1.29. The van der Waals surface area contributed by atoms with Crippen LogP contribution in [0.15, 0.2) is 18.2 Å². The van der Waals surface area contributed by atoms with Crippen molar-refractivity contribution in [1.82, 2.24) is 9.29 Å². The van der Waals surface area contributed by atoms with E-state index in [1.54, 1.807) is 4.31 Å². The molecular weight excluding hydrogens is 262 g/mol. The van der Waals surface area contributed by atoms with Gasteiger partial charge in [0.25, 0.3) is 0 Å². The van der Waals surface area contributed by atoms with Gasteiger partial charge in [-0.2, -0.15) is 0 Å². The first kappa shape index (κ1) is 14.3. The summed E-state index contributed by atoms with van der Waals surface area (Å²) in [6.45, 7) is 1.17. The maximum absolute atomic E-state index is 11.6. The first-order valence-corrected chi connectivity index (χ1v) is 8.32. The number of pyridine rings is 1. The second-order valence-electron chi connectivity index (χ2n) is 5.28. The van der Waals surface area contributed by atoms with Gasteiger partial charge in [-0.3, -0.25) is 0 Å². The molecule has 106 valence electrons. The second kappa shape index (κ2) is 5.46. The number of rotatable bonds is 3. The van der Waals surface area contributed by atoms with E-state index in [9.17, 15) is 8.42 Å². The first-order valence-electron chi connectivity index (χ1n) is 6.47. The third-order valence-corrected chi connectivity index (χ3v) is 4.76. The van der Waals surface area contributed by atoms with Gasteiger partial charge in [-0.25, -0.2) is 17.7 Å². The zero-order chi connectivity index (χ0) is 14.0. The molecule has 1 aromatic heterocycles. The van der Waals surface area contributed by atoms with Gasteiger partial charge in [0.15, 0.2) is 0 Å². The summed E-state index contributed by atoms with van der Waals surface area (Å²) in [5.74, 6) is 1.11. The number of nitrogens with zero attached hydrogens (tertiary/aromatic N) is 3. The van der Waals surface area contributed by atoms with Crippen LogP contribution < -0.4 is 4.90 Å². The number of aromatic nitrogens is 1. The molecule has 6 heteroatoms. The molecule has 1 saturated heterocycles. The van der Waals surface area contributed by atoms with E-state index in [0.29, 0.717) is 13.1 Å². The molecule has 1 unspecified atom stereocenters. The van der Waals surface area contributed by atoms with Crippen LogP contribution >= 0.6 is 0 Å². The standard InChI is InChI=1S/C13H21N3O2S/c1-15(2)13-8-4-7-12(14-13)11-6-5-9-16(10-11)19(3,17)18/h4,7-8,11H,5-6,9-10H2,1-3H3. The molecular formula is C13H21N3O2S. The van der Waals surface area contributed by atoms with Gasteiger partial charge in [-0.1, -0.05) is 6.07 Å². The number of piperidine rings is 1. The lowest BCUT2D eigenvalue weighted by molar-refractivity contribution is 0.314. The van der Waals surface area contributed by atoms with Gasteiger partial charge in [-0.15, -0.1) is 0 Å². The van der Waals surface area contributed by atoms with E-state index in [4.69, 9.17) is 0 Å². The Morgan fingerprint density at radius 3 is 2.74 bits per heavy atom. The molecule has 5 nitrogen and oxygen atoms in total. The van der Waals surface area contributed by atoms with Gasteiger partial charge in [0.2, 0.25) is 10.0 Å². The highest BCUT2D eigenvalue weighted by molar-refractivity contribution is 7.88. The second-order valence-corrected chi connectivity index (χ2v) is 7.26. The molecule has 0 aromatic carbocycles. The van der Waals surface area contributed by atoms with Gasteiger partial charge in [-0.05, 0) is 25.0 Å². The summed E-state index contributed by atoms with van der Waals surface area (Å²) >= 11 is 0. The minimum Gasteiger partial charge on any atom is -0.363 e. The van der Waals surface area contributed by atoms with Crippen molar-refractivity contribution in [3.8, 4) is 0 Å². The molecule has 2 rings (SSSR count). The molecule has 1 fully saturated rings. The topological polar surface area (TPSA) is 53.5 Å². The molecule has 1 atom stereocenters. The Labute approximate surface area is 115 Å². The minimum atomic E-state index is -3.10. The Kier molecular flexibility index (Phi) is 4.10. The summed E-state index contributed by atoms with van der Waals surface area (Å²) < 4.78 is 24.8. The van der Waals surface area contributed by atoms with Gasteiger partial charge in [0, 0.05) is 38.8 Å². The maximum atomic E-state index is 11.6. The summed E-state index contributed by atoms with van der Waals surface area (Å²) in [6.07, 6.45) is 3.17. The molecule has 0 N–H and O–H groups in total. The normalized spacial score (nSPS) is 21.3. The Bertz CT molecular complexity index is 543. The summed E-state index contributed by atoms with van der Waals surface area (Å²) in [5.41, 5.74) is 0.986. The fraction of sp³-hybridized carbons (Fsp3) is 0.615. The van der Waals surface area contributed by atoms with Crippen LogP contribution in [-0.4, -0.2) is 51.1 Å². The van der Waals surface area contributed by atoms with Crippen LogP contribution in [0.1, 0.15) is 24.5 Å². The number of hydrogen-bond acceptors (Lipinski definition) is 4. The molecule has 0 saturated carbocycles. The van der Waals surface area contributed by atoms with E-state index in [1.807, 2.05) is 37.2 Å². The fourth-order valence-electron chi connectivity index (χ4n) is 2.40. The third kappa shape index (κ3) is 3.45. The largest absolute Gasteiger partial charge is 0.363 e. The molecule has 1 aliphatic rings. The van der Waals surface area contributed by atoms with Crippen LogP contribution in [0.25, 0.3) is 0 Å². The molecule has 1 aliphatic heterocycles. The van der Waals surface area contributed by atoms with E-state index in [0.717, 1.165) is 24.4 Å². The van der Waals surface area contributed by atoms with Crippen LogP contribution in [0.4, 0.5) is 5.82 Å². The third-order valence-electron chi connectivity index (χ3n) is 3.49. The molecule has 19 heavy (non-hydrogen) atoms. The van der Waals surface area contributed by atoms with Crippen molar-refractivity contribution in [1.29, 1.82) is 0 Å². The zero-order valence-electron chi connectivity index (χ0n) is 11.7. The van der Waals surface area contributed by atoms with Crippen LogP contribution in [0.2, 0.25) is 0 Å². The number of sulfonamides is 1. The summed E-state index contributed by atoms with van der Waals surface area (Å²) in [7, 11) is 0.810. The zero-order valence-corrected chi connectivity index (χ0v) is 12.5. The van der Waals surface area contributed by atoms with Crippen molar-refractivity contribution in [2.24, 2.45) is 0 Å². The first-order chi connectivity index (χ1) is 8.88. The van der Waals surface area contributed by atoms with Crippen molar-refractivity contribution < 1.29 is 8.42 Å². The highest BCUT2D eigenvalue weighted by Gasteiger charge is 2.27. The lowest BCUT2D eigenvalue weighted by Gasteiger charge is -2.30. The van der Waals surface area contributed by atoms with E-state index < -0.39 is 10.0 Å². The van der Waals surface area contributed by atoms with Gasteiger partial charge in [0.1, 0.15) is 5.82 Å². The number of hydrogen-bond donors (Lipinski definition) is 0. The Hall–Kier alpha value is -1.14. The van der Waals surface area contributed by atoms with Crippen molar-refractivity contribution in [2.45, 2.75) is 18.8 Å². The van der Waals surface area contributed by atoms with Crippen molar-refractivity contribution >= 4 is 15.8 Å². The van der Waals surface area contributed by atoms with Gasteiger partial charge < -0.3 is 4.90 Å². The van der Waals surface area contributed by atoms with Gasteiger partial charge in [0.05, 0.1) is 6.26 Å². The summed E-state index contributed by atoms with van der Waals surface area (Å²) in [6, 6.07) is 5.93. The maximum Gasteiger partial charge on any atom is 0.211 e. The van der Waals surface area contributed by atoms with E-state index in [-0.39, 0.29) is 5.92 Å². The molecule has 0 aliphatic carbocycles.